The van der Waals surface area contributed by atoms with Crippen LogP contribution in [0.15, 0.2) is 46.7 Å². The van der Waals surface area contributed by atoms with E-state index in [1.165, 1.54) is 28.0 Å². The molecule has 0 saturated heterocycles. The van der Waals surface area contributed by atoms with Gasteiger partial charge in [0.15, 0.2) is 6.73 Å². The molecule has 0 spiro atoms. The molecule has 0 aliphatic carbocycles. The van der Waals surface area contributed by atoms with Gasteiger partial charge in [0.1, 0.15) is 16.6 Å². The van der Waals surface area contributed by atoms with Gasteiger partial charge in [-0.3, -0.25) is 19.0 Å². The fourth-order valence-electron chi connectivity index (χ4n) is 4.22. The molecule has 4 rings (SSSR count). The third-order valence-corrected chi connectivity index (χ3v) is 7.41. The smallest absolute Gasteiger partial charge is 0.312 e. The molecule has 1 N–H and O–H groups in total. The molecule has 0 atom stereocenters. The monoisotopic (exact) mass is 589 g/mol. The summed E-state index contributed by atoms with van der Waals surface area (Å²) in [5.74, 6) is 1.35. The van der Waals surface area contributed by atoms with E-state index in [9.17, 15) is 14.4 Å². The first kappa shape index (κ1) is 30.4. The molecular formula is C31H32FN5O4S. The molecule has 0 unspecified atom stereocenters. The van der Waals surface area contributed by atoms with Gasteiger partial charge in [-0.15, -0.1) is 17.8 Å². The Morgan fingerprint density at radius 1 is 1.21 bits per heavy atom. The average Bonchev–Trinajstić information content (AvgIpc) is 3.45. The first-order chi connectivity index (χ1) is 19.9. The van der Waals surface area contributed by atoms with Gasteiger partial charge in [-0.05, 0) is 76.1 Å². The predicted molar refractivity (Wildman–Crippen MR) is 161 cm³/mol. The largest absolute Gasteiger partial charge is 0.443 e. The molecule has 0 radical (unpaired) electrons. The molecule has 2 heterocycles. The minimum absolute atomic E-state index is 0.0907. The third-order valence-electron chi connectivity index (χ3n) is 6.63. The van der Waals surface area contributed by atoms with E-state index >= 15 is 4.39 Å². The van der Waals surface area contributed by atoms with Crippen molar-refractivity contribution in [1.82, 2.24) is 19.9 Å². The molecule has 0 saturated carbocycles. The number of esters is 1. The van der Waals surface area contributed by atoms with Crippen molar-refractivity contribution in [2.75, 3.05) is 11.4 Å². The third kappa shape index (κ3) is 6.83. The van der Waals surface area contributed by atoms with Gasteiger partial charge in [-0.1, -0.05) is 5.92 Å². The van der Waals surface area contributed by atoms with Crippen molar-refractivity contribution in [3.8, 4) is 12.3 Å². The number of terminal acetylenes is 1. The van der Waals surface area contributed by atoms with Gasteiger partial charge in [-0.25, -0.2) is 14.4 Å². The van der Waals surface area contributed by atoms with E-state index in [1.807, 2.05) is 13.0 Å². The number of hydrogen-bond acceptors (Lipinski definition) is 8. The van der Waals surface area contributed by atoms with E-state index in [0.717, 1.165) is 16.1 Å². The molecule has 1 amide bonds. The van der Waals surface area contributed by atoms with Gasteiger partial charge in [0, 0.05) is 23.8 Å². The van der Waals surface area contributed by atoms with Crippen LogP contribution in [-0.2, 0) is 29.4 Å². The van der Waals surface area contributed by atoms with E-state index in [2.05, 4.69) is 21.2 Å². The Morgan fingerprint density at radius 2 is 1.98 bits per heavy atom. The van der Waals surface area contributed by atoms with Crippen molar-refractivity contribution in [3.63, 3.8) is 0 Å². The Labute approximate surface area is 247 Å². The molecule has 4 aromatic rings. The number of hydrogen-bond donors (Lipinski definition) is 1. The number of carbonyl (C=O) groups is 2. The summed E-state index contributed by atoms with van der Waals surface area (Å²) in [5.41, 5.74) is 1.50. The number of fused-ring (bicyclic) bond motifs is 1. The highest BCUT2D eigenvalue weighted by Gasteiger charge is 2.24. The van der Waals surface area contributed by atoms with E-state index in [1.54, 1.807) is 56.3 Å². The van der Waals surface area contributed by atoms with Crippen molar-refractivity contribution in [2.24, 2.45) is 5.41 Å². The van der Waals surface area contributed by atoms with Crippen molar-refractivity contribution in [2.45, 2.75) is 54.4 Å². The second-order valence-corrected chi connectivity index (χ2v) is 11.8. The lowest BCUT2D eigenvalue weighted by Gasteiger charge is -2.24. The molecule has 2 aromatic heterocycles. The van der Waals surface area contributed by atoms with Gasteiger partial charge in [0.25, 0.3) is 11.5 Å². The van der Waals surface area contributed by atoms with Gasteiger partial charge in [0.2, 0.25) is 0 Å². The number of amides is 1. The fourth-order valence-corrected chi connectivity index (χ4v) is 4.78. The molecule has 218 valence electrons. The van der Waals surface area contributed by atoms with E-state index in [-0.39, 0.29) is 37.5 Å². The lowest BCUT2D eigenvalue weighted by Crippen LogP contribution is -2.30. The molecule has 2 aromatic carbocycles. The van der Waals surface area contributed by atoms with Crippen LogP contribution in [0.1, 0.15) is 53.1 Å². The molecule has 0 aliphatic heterocycles. The van der Waals surface area contributed by atoms with Gasteiger partial charge in [0.05, 0.1) is 35.0 Å². The molecule has 42 heavy (non-hydrogen) atoms. The number of aryl methyl sites for hydroxylation is 2. The van der Waals surface area contributed by atoms with Crippen LogP contribution in [0.25, 0.3) is 10.9 Å². The lowest BCUT2D eigenvalue weighted by atomic mass is 9.98. The highest BCUT2D eigenvalue weighted by Crippen LogP contribution is 2.24. The van der Waals surface area contributed by atoms with Crippen molar-refractivity contribution in [3.05, 3.63) is 85.6 Å². The minimum Gasteiger partial charge on any atom is -0.443 e. The molecule has 9 nitrogen and oxygen atoms in total. The number of ether oxygens (including phenoxy) is 1. The number of anilines is 1. The zero-order valence-electron chi connectivity index (χ0n) is 24.2. The highest BCUT2D eigenvalue weighted by molar-refractivity contribution is 7.09. The SMILES string of the molecule is C#CCN(Cc1cc2c(=O)n(COC(=O)C(C)(C)C)c(C)nc2cc1C)c1ccc(C(=O)NCc2nccs2)c(F)c1. The standard InChI is InChI=1S/C31H32FN5O4S/c1-7-11-36(22-8-9-23(25(32)15-22)28(38)34-16-27-33-10-12-42-27)17-21-14-24-26(13-19(21)2)35-20(3)37(29(24)39)18-41-30(40)31(4,5)6/h1,8-10,12-15H,11,16-18H2,2-6H3,(H,34,38). The maximum absolute atomic E-state index is 15.1. The van der Waals surface area contributed by atoms with E-state index in [0.29, 0.717) is 22.4 Å². The van der Waals surface area contributed by atoms with Crippen LogP contribution in [-0.4, -0.2) is 33.0 Å². The van der Waals surface area contributed by atoms with Crippen molar-refractivity contribution >= 4 is 39.8 Å². The second kappa shape index (κ2) is 12.5. The number of nitrogens with one attached hydrogen (secondary N) is 1. The summed E-state index contributed by atoms with van der Waals surface area (Å²) >= 11 is 1.40. The summed E-state index contributed by atoms with van der Waals surface area (Å²) in [5, 5.41) is 5.54. The van der Waals surface area contributed by atoms with E-state index in [4.69, 9.17) is 11.2 Å². The molecular weight excluding hydrogens is 557 g/mol. The maximum Gasteiger partial charge on any atom is 0.312 e. The number of rotatable bonds is 9. The lowest BCUT2D eigenvalue weighted by molar-refractivity contribution is -0.157. The summed E-state index contributed by atoms with van der Waals surface area (Å²) in [4.78, 5) is 48.7. The summed E-state index contributed by atoms with van der Waals surface area (Å²) in [6, 6.07) is 7.88. The van der Waals surface area contributed by atoms with Crippen LogP contribution in [0, 0.1) is 37.4 Å². The topological polar surface area (TPSA) is 106 Å². The normalized spacial score (nSPS) is 11.3. The maximum atomic E-state index is 15.1. The van der Waals surface area contributed by atoms with E-state index < -0.39 is 23.1 Å². The summed E-state index contributed by atoms with van der Waals surface area (Å²) in [6.45, 7) is 9.17. The summed E-state index contributed by atoms with van der Waals surface area (Å²) < 4.78 is 21.8. The zero-order valence-corrected chi connectivity index (χ0v) is 25.0. The Morgan fingerprint density at radius 3 is 2.62 bits per heavy atom. The number of thiazole rings is 1. The molecule has 11 heteroatoms. The average molecular weight is 590 g/mol. The number of benzene rings is 2. The van der Waals surface area contributed by atoms with Crippen molar-refractivity contribution < 1.29 is 18.7 Å². The van der Waals surface area contributed by atoms with Gasteiger partial charge >= 0.3 is 5.97 Å². The van der Waals surface area contributed by atoms with Crippen molar-refractivity contribution in [1.29, 1.82) is 0 Å². The summed E-state index contributed by atoms with van der Waals surface area (Å²) in [7, 11) is 0. The Hall–Kier alpha value is -4.56. The second-order valence-electron chi connectivity index (χ2n) is 10.8. The Balaban J connectivity index is 1.60. The Kier molecular flexibility index (Phi) is 9.07. The molecule has 0 fully saturated rings. The van der Waals surface area contributed by atoms with Gasteiger partial charge < -0.3 is 15.0 Å². The minimum atomic E-state index is -0.713. The van der Waals surface area contributed by atoms with Crippen LogP contribution >= 0.6 is 11.3 Å². The number of carbonyl (C=O) groups excluding carboxylic acids is 2. The van der Waals surface area contributed by atoms with Crippen LogP contribution in [0.4, 0.5) is 10.1 Å². The van der Waals surface area contributed by atoms with Crippen LogP contribution in [0.5, 0.6) is 0 Å². The highest BCUT2D eigenvalue weighted by atomic mass is 32.1. The number of nitrogens with zero attached hydrogens (tertiary/aromatic N) is 4. The number of halogens is 1. The Bertz CT molecular complexity index is 1740. The summed E-state index contributed by atoms with van der Waals surface area (Å²) in [6.07, 6.45) is 7.28. The first-order valence-electron chi connectivity index (χ1n) is 13.2. The first-order valence-corrected chi connectivity index (χ1v) is 14.1. The van der Waals surface area contributed by atoms with Crippen LogP contribution in [0.3, 0.4) is 0 Å². The molecule has 0 aliphatic rings. The van der Waals surface area contributed by atoms with Crippen LogP contribution < -0.4 is 15.8 Å². The molecule has 0 bridgehead atoms. The quantitative estimate of drug-likeness (QED) is 0.222. The van der Waals surface area contributed by atoms with Gasteiger partial charge in [-0.2, -0.15) is 0 Å². The fraction of sp³-hybridized carbons (Fsp3) is 0.323. The predicted octanol–water partition coefficient (Wildman–Crippen LogP) is 4.73. The number of aromatic nitrogens is 3. The zero-order chi connectivity index (χ0) is 30.6. The van der Waals surface area contributed by atoms with Crippen LogP contribution in [0.2, 0.25) is 0 Å².